The zero-order valence-electron chi connectivity index (χ0n) is 9.64. The van der Waals surface area contributed by atoms with Gasteiger partial charge in [-0.1, -0.05) is 11.6 Å². The first-order valence-electron chi connectivity index (χ1n) is 5.37. The van der Waals surface area contributed by atoms with E-state index in [2.05, 4.69) is 19.9 Å². The van der Waals surface area contributed by atoms with E-state index in [0.717, 1.165) is 25.4 Å². The van der Waals surface area contributed by atoms with E-state index in [4.69, 9.17) is 16.3 Å². The monoisotopic (exact) mass is 228 g/mol. The third-order valence-electron chi connectivity index (χ3n) is 2.67. The largest absolute Gasteiger partial charge is 0.495 e. The van der Waals surface area contributed by atoms with Crippen LogP contribution in [0.1, 0.15) is 19.4 Å². The summed E-state index contributed by atoms with van der Waals surface area (Å²) in [5.41, 5.74) is 1.26. The average Bonchev–Trinajstić information content (AvgIpc) is 2.26. The Morgan fingerprint density at radius 2 is 1.93 bits per heavy atom. The summed E-state index contributed by atoms with van der Waals surface area (Å²) in [6.45, 7) is 7.70. The van der Waals surface area contributed by atoms with Crippen LogP contribution in [0.3, 0.4) is 0 Å². The van der Waals surface area contributed by atoms with E-state index in [1.165, 1.54) is 5.56 Å². The molecule has 0 spiro atoms. The lowest BCUT2D eigenvalue weighted by atomic mass is 10.2. The minimum absolute atomic E-state index is 0.696. The lowest BCUT2D eigenvalue weighted by Crippen LogP contribution is -3.10. The van der Waals surface area contributed by atoms with Gasteiger partial charge in [-0.25, -0.2) is 0 Å². The molecule has 0 atom stereocenters. The second-order valence-corrected chi connectivity index (χ2v) is 4.01. The molecule has 0 heterocycles. The summed E-state index contributed by atoms with van der Waals surface area (Å²) >= 11 is 6.07. The quantitative estimate of drug-likeness (QED) is 0.811. The predicted octanol–water partition coefficient (Wildman–Crippen LogP) is 1.77. The first-order chi connectivity index (χ1) is 7.21. The van der Waals surface area contributed by atoms with E-state index in [0.29, 0.717) is 5.02 Å². The number of hydrogen-bond acceptors (Lipinski definition) is 1. The van der Waals surface area contributed by atoms with Crippen molar-refractivity contribution in [3.8, 4) is 5.75 Å². The number of benzene rings is 1. The molecule has 1 aromatic rings. The van der Waals surface area contributed by atoms with Gasteiger partial charge < -0.3 is 9.64 Å². The van der Waals surface area contributed by atoms with Crippen LogP contribution in [0.5, 0.6) is 5.75 Å². The second-order valence-electron chi connectivity index (χ2n) is 3.60. The summed E-state index contributed by atoms with van der Waals surface area (Å²) in [6.07, 6.45) is 0. The summed E-state index contributed by atoms with van der Waals surface area (Å²) in [5.74, 6) is 0.745. The van der Waals surface area contributed by atoms with E-state index in [1.54, 1.807) is 12.0 Å². The summed E-state index contributed by atoms with van der Waals surface area (Å²) in [5, 5.41) is 0.696. The number of nitrogens with one attached hydrogen (secondary N) is 1. The van der Waals surface area contributed by atoms with E-state index >= 15 is 0 Å². The lowest BCUT2D eigenvalue weighted by molar-refractivity contribution is -0.910. The van der Waals surface area contributed by atoms with E-state index in [1.807, 2.05) is 12.1 Å². The predicted molar refractivity (Wildman–Crippen MR) is 63.8 cm³/mol. The SMILES string of the molecule is CC[NH+](CC)Cc1ccc(OC)c(Cl)c1. The lowest BCUT2D eigenvalue weighted by Gasteiger charge is -2.15. The molecule has 0 aliphatic rings. The van der Waals surface area contributed by atoms with Crippen LogP contribution in [-0.2, 0) is 6.54 Å². The van der Waals surface area contributed by atoms with Crippen LogP contribution in [0.2, 0.25) is 5.02 Å². The molecule has 0 aliphatic heterocycles. The first kappa shape index (κ1) is 12.3. The second kappa shape index (κ2) is 5.99. The molecule has 2 nitrogen and oxygen atoms in total. The fourth-order valence-corrected chi connectivity index (χ4v) is 1.89. The third kappa shape index (κ3) is 3.40. The van der Waals surface area contributed by atoms with Crippen LogP contribution < -0.4 is 9.64 Å². The van der Waals surface area contributed by atoms with Crippen molar-refractivity contribution >= 4 is 11.6 Å². The Bertz CT molecular complexity index is 310. The molecule has 0 amide bonds. The van der Waals surface area contributed by atoms with Crippen molar-refractivity contribution in [3.05, 3.63) is 28.8 Å². The molecule has 0 aliphatic carbocycles. The zero-order valence-corrected chi connectivity index (χ0v) is 10.4. The molecule has 1 rings (SSSR count). The minimum Gasteiger partial charge on any atom is -0.495 e. The van der Waals surface area contributed by atoms with Gasteiger partial charge in [-0.3, -0.25) is 0 Å². The normalized spacial score (nSPS) is 10.7. The fourth-order valence-electron chi connectivity index (χ4n) is 1.61. The molecule has 1 N–H and O–H groups in total. The van der Waals surface area contributed by atoms with Gasteiger partial charge in [0.1, 0.15) is 12.3 Å². The third-order valence-corrected chi connectivity index (χ3v) is 2.97. The van der Waals surface area contributed by atoms with Gasteiger partial charge in [-0.05, 0) is 32.0 Å². The Balaban J connectivity index is 2.74. The topological polar surface area (TPSA) is 13.7 Å². The Morgan fingerprint density at radius 1 is 1.27 bits per heavy atom. The molecule has 3 heteroatoms. The van der Waals surface area contributed by atoms with Crippen molar-refractivity contribution in [1.29, 1.82) is 0 Å². The van der Waals surface area contributed by atoms with Crippen LogP contribution in [0.15, 0.2) is 18.2 Å². The number of methoxy groups -OCH3 is 1. The van der Waals surface area contributed by atoms with Gasteiger partial charge in [0.15, 0.2) is 0 Å². The highest BCUT2D eigenvalue weighted by molar-refractivity contribution is 6.32. The molecule has 0 fully saturated rings. The molecule has 0 aromatic heterocycles. The summed E-state index contributed by atoms with van der Waals surface area (Å²) in [6, 6.07) is 6.00. The van der Waals surface area contributed by atoms with Crippen LogP contribution in [0.25, 0.3) is 0 Å². The molecule has 0 bridgehead atoms. The molecular weight excluding hydrogens is 210 g/mol. The maximum Gasteiger partial charge on any atom is 0.137 e. The zero-order chi connectivity index (χ0) is 11.3. The highest BCUT2D eigenvalue weighted by Gasteiger charge is 2.07. The highest BCUT2D eigenvalue weighted by Crippen LogP contribution is 2.24. The van der Waals surface area contributed by atoms with Gasteiger partial charge in [0.2, 0.25) is 0 Å². The smallest absolute Gasteiger partial charge is 0.137 e. The Hall–Kier alpha value is -0.730. The summed E-state index contributed by atoms with van der Waals surface area (Å²) in [7, 11) is 1.64. The van der Waals surface area contributed by atoms with Crippen LogP contribution in [0.4, 0.5) is 0 Å². The van der Waals surface area contributed by atoms with Gasteiger partial charge in [-0.15, -0.1) is 0 Å². The molecule has 0 saturated heterocycles. The van der Waals surface area contributed by atoms with E-state index in [9.17, 15) is 0 Å². The van der Waals surface area contributed by atoms with Crippen molar-refractivity contribution in [1.82, 2.24) is 0 Å². The van der Waals surface area contributed by atoms with Gasteiger partial charge in [0.25, 0.3) is 0 Å². The fraction of sp³-hybridized carbons (Fsp3) is 0.500. The molecule has 84 valence electrons. The van der Waals surface area contributed by atoms with Crippen LogP contribution >= 0.6 is 11.6 Å². The van der Waals surface area contributed by atoms with Gasteiger partial charge in [0, 0.05) is 5.56 Å². The standard InChI is InChI=1S/C12H18ClNO/c1-4-14(5-2)9-10-6-7-12(15-3)11(13)8-10/h6-8H,4-5,9H2,1-3H3/p+1. The van der Waals surface area contributed by atoms with Crippen molar-refractivity contribution in [2.24, 2.45) is 0 Å². The number of quaternary nitrogens is 1. The summed E-state index contributed by atoms with van der Waals surface area (Å²) < 4.78 is 5.12. The molecular formula is C12H19ClNO+. The molecule has 0 unspecified atom stereocenters. The Kier molecular flexibility index (Phi) is 4.92. The van der Waals surface area contributed by atoms with Gasteiger partial charge in [-0.2, -0.15) is 0 Å². The van der Waals surface area contributed by atoms with Crippen molar-refractivity contribution in [2.45, 2.75) is 20.4 Å². The van der Waals surface area contributed by atoms with E-state index in [-0.39, 0.29) is 0 Å². The maximum atomic E-state index is 6.07. The number of ether oxygens (including phenoxy) is 1. The minimum atomic E-state index is 0.696. The first-order valence-corrected chi connectivity index (χ1v) is 5.75. The van der Waals surface area contributed by atoms with Crippen LogP contribution in [0, 0.1) is 0 Å². The van der Waals surface area contributed by atoms with Gasteiger partial charge in [0.05, 0.1) is 25.2 Å². The van der Waals surface area contributed by atoms with Gasteiger partial charge >= 0.3 is 0 Å². The summed E-state index contributed by atoms with van der Waals surface area (Å²) in [4.78, 5) is 1.55. The Labute approximate surface area is 96.8 Å². The van der Waals surface area contributed by atoms with Crippen molar-refractivity contribution in [3.63, 3.8) is 0 Å². The van der Waals surface area contributed by atoms with Crippen molar-refractivity contribution < 1.29 is 9.64 Å². The average molecular weight is 229 g/mol. The Morgan fingerprint density at radius 3 is 2.40 bits per heavy atom. The number of hydrogen-bond donors (Lipinski definition) is 1. The number of rotatable bonds is 5. The highest BCUT2D eigenvalue weighted by atomic mass is 35.5. The molecule has 0 saturated carbocycles. The molecule has 1 aromatic carbocycles. The maximum absolute atomic E-state index is 6.07. The van der Waals surface area contributed by atoms with Crippen LogP contribution in [-0.4, -0.2) is 20.2 Å². The number of halogens is 1. The van der Waals surface area contributed by atoms with Crippen molar-refractivity contribution in [2.75, 3.05) is 20.2 Å². The molecule has 15 heavy (non-hydrogen) atoms. The molecule has 0 radical (unpaired) electrons. The van der Waals surface area contributed by atoms with E-state index < -0.39 is 0 Å².